The van der Waals surface area contributed by atoms with Crippen LogP contribution in [0.25, 0.3) is 0 Å². The maximum absolute atomic E-state index is 4.75. The van der Waals surface area contributed by atoms with Crippen LogP contribution < -0.4 is 4.90 Å². The predicted octanol–water partition coefficient (Wildman–Crippen LogP) is 4.39. The summed E-state index contributed by atoms with van der Waals surface area (Å²) in [6, 6.07) is 10.4. The van der Waals surface area contributed by atoms with Crippen LogP contribution in [0.1, 0.15) is 74.4 Å². The molecule has 3 aliphatic rings. The van der Waals surface area contributed by atoms with Gasteiger partial charge in [-0.15, -0.1) is 0 Å². The number of rotatable bonds is 5. The average Bonchev–Trinajstić information content (AvgIpc) is 2.77. The lowest BCUT2D eigenvalue weighted by Crippen LogP contribution is -2.52. The van der Waals surface area contributed by atoms with Crippen LogP contribution in [0.5, 0.6) is 0 Å². The van der Waals surface area contributed by atoms with Crippen LogP contribution >= 0.6 is 0 Å². The van der Waals surface area contributed by atoms with Crippen molar-refractivity contribution < 1.29 is 0 Å². The van der Waals surface area contributed by atoms with Gasteiger partial charge in [-0.05, 0) is 43.2 Å². The minimum atomic E-state index is 0.402. The Morgan fingerprint density at radius 2 is 1.58 bits per heavy atom. The minimum Gasteiger partial charge on any atom is -0.354 e. The lowest BCUT2D eigenvalue weighted by molar-refractivity contribution is 0.120. The third-order valence-electron chi connectivity index (χ3n) is 7.85. The molecule has 5 heteroatoms. The second-order valence-corrected chi connectivity index (χ2v) is 9.95. The molecule has 2 aliphatic heterocycles. The van der Waals surface area contributed by atoms with Crippen LogP contribution in [0.15, 0.2) is 30.6 Å². The lowest BCUT2D eigenvalue weighted by atomic mass is 9.91. The molecule has 1 aliphatic carbocycles. The van der Waals surface area contributed by atoms with Crippen molar-refractivity contribution in [2.24, 2.45) is 0 Å². The molecule has 31 heavy (non-hydrogen) atoms. The zero-order valence-electron chi connectivity index (χ0n) is 19.4. The van der Waals surface area contributed by atoms with Crippen molar-refractivity contribution >= 4 is 5.82 Å². The number of piperazine rings is 1. The summed E-state index contributed by atoms with van der Waals surface area (Å²) in [4.78, 5) is 17.2. The van der Waals surface area contributed by atoms with E-state index in [1.807, 2.05) is 0 Å². The summed E-state index contributed by atoms with van der Waals surface area (Å²) in [5.74, 6) is 1.78. The summed E-state index contributed by atoms with van der Waals surface area (Å²) in [5, 5.41) is 0. The van der Waals surface area contributed by atoms with Gasteiger partial charge in [-0.1, -0.05) is 44.5 Å². The Balaban J connectivity index is 1.26. The van der Waals surface area contributed by atoms with E-state index in [9.17, 15) is 0 Å². The fraction of sp³-hybridized carbons (Fsp3) is 0.615. The normalized spacial score (nSPS) is 21.7. The molecule has 5 nitrogen and oxygen atoms in total. The van der Waals surface area contributed by atoms with Crippen LogP contribution in [0.3, 0.4) is 0 Å². The van der Waals surface area contributed by atoms with E-state index in [1.54, 1.807) is 6.33 Å². The van der Waals surface area contributed by atoms with Gasteiger partial charge in [0.25, 0.3) is 0 Å². The largest absolute Gasteiger partial charge is 0.354 e. The quantitative estimate of drug-likeness (QED) is 0.718. The van der Waals surface area contributed by atoms with E-state index in [0.717, 1.165) is 38.6 Å². The zero-order valence-corrected chi connectivity index (χ0v) is 19.4. The van der Waals surface area contributed by atoms with E-state index in [1.165, 1.54) is 60.6 Å². The first-order valence-electron chi connectivity index (χ1n) is 12.3. The molecule has 1 atom stereocenters. The van der Waals surface area contributed by atoms with Crippen LogP contribution in [0.4, 0.5) is 5.82 Å². The van der Waals surface area contributed by atoms with Crippen molar-refractivity contribution in [1.82, 2.24) is 19.8 Å². The molecule has 2 aromatic rings. The second-order valence-electron chi connectivity index (χ2n) is 9.95. The minimum absolute atomic E-state index is 0.402. The van der Waals surface area contributed by atoms with Crippen LogP contribution in [0.2, 0.25) is 0 Å². The molecule has 0 radical (unpaired) electrons. The van der Waals surface area contributed by atoms with Gasteiger partial charge in [0.2, 0.25) is 0 Å². The summed E-state index contributed by atoms with van der Waals surface area (Å²) in [7, 11) is 0. The zero-order chi connectivity index (χ0) is 21.4. The molecule has 1 aromatic heterocycles. The molecule has 0 spiro atoms. The number of hydrogen-bond acceptors (Lipinski definition) is 5. The van der Waals surface area contributed by atoms with E-state index in [2.05, 4.69) is 59.7 Å². The van der Waals surface area contributed by atoms with Crippen LogP contribution in [-0.4, -0.2) is 58.5 Å². The van der Waals surface area contributed by atoms with Crippen LogP contribution in [0, 0.1) is 0 Å². The molecule has 1 unspecified atom stereocenters. The maximum atomic E-state index is 4.75. The van der Waals surface area contributed by atoms with E-state index in [-0.39, 0.29) is 0 Å². The van der Waals surface area contributed by atoms with Gasteiger partial charge >= 0.3 is 0 Å². The average molecular weight is 420 g/mol. The van der Waals surface area contributed by atoms with E-state index < -0.39 is 0 Å². The summed E-state index contributed by atoms with van der Waals surface area (Å²) >= 11 is 0. The van der Waals surface area contributed by atoms with Gasteiger partial charge in [-0.25, -0.2) is 9.97 Å². The third kappa shape index (κ3) is 4.22. The topological polar surface area (TPSA) is 35.5 Å². The van der Waals surface area contributed by atoms with Crippen LogP contribution in [-0.2, 0) is 13.0 Å². The molecule has 0 bridgehead atoms. The highest BCUT2D eigenvalue weighted by atomic mass is 15.3. The number of nitrogens with zero attached hydrogens (tertiary/aromatic N) is 5. The van der Waals surface area contributed by atoms with Gasteiger partial charge in [0, 0.05) is 56.9 Å². The molecule has 3 heterocycles. The molecule has 2 fully saturated rings. The first kappa shape index (κ1) is 20.9. The Kier molecular flexibility index (Phi) is 5.98. The molecular weight excluding hydrogens is 382 g/mol. The van der Waals surface area contributed by atoms with Gasteiger partial charge < -0.3 is 4.90 Å². The summed E-state index contributed by atoms with van der Waals surface area (Å²) in [6.07, 6.45) is 7.05. The molecule has 1 saturated carbocycles. The van der Waals surface area contributed by atoms with Crippen molar-refractivity contribution in [3.63, 3.8) is 0 Å². The van der Waals surface area contributed by atoms with Crippen molar-refractivity contribution in [3.05, 3.63) is 53.0 Å². The Morgan fingerprint density at radius 1 is 0.871 bits per heavy atom. The summed E-state index contributed by atoms with van der Waals surface area (Å²) in [6.45, 7) is 13.4. The Labute approximate surface area is 187 Å². The Hall–Kier alpha value is -1.98. The highest BCUT2D eigenvalue weighted by Crippen LogP contribution is 2.32. The number of aromatic nitrogens is 2. The van der Waals surface area contributed by atoms with Gasteiger partial charge in [-0.3, -0.25) is 9.80 Å². The number of anilines is 1. The number of hydrogen-bond donors (Lipinski definition) is 0. The van der Waals surface area contributed by atoms with Crippen molar-refractivity contribution in [1.29, 1.82) is 0 Å². The highest BCUT2D eigenvalue weighted by Gasteiger charge is 2.31. The molecule has 166 valence electrons. The van der Waals surface area contributed by atoms with E-state index >= 15 is 0 Å². The van der Waals surface area contributed by atoms with E-state index in [0.29, 0.717) is 12.0 Å². The smallest absolute Gasteiger partial charge is 0.135 e. The van der Waals surface area contributed by atoms with E-state index in [4.69, 9.17) is 9.97 Å². The molecule has 0 amide bonds. The van der Waals surface area contributed by atoms with Gasteiger partial charge in [-0.2, -0.15) is 0 Å². The predicted molar refractivity (Wildman–Crippen MR) is 127 cm³/mol. The fourth-order valence-electron chi connectivity index (χ4n) is 5.38. The summed E-state index contributed by atoms with van der Waals surface area (Å²) < 4.78 is 0. The Bertz CT molecular complexity index is 881. The van der Waals surface area contributed by atoms with Crippen molar-refractivity contribution in [3.8, 4) is 0 Å². The number of benzene rings is 1. The molecule has 1 aromatic carbocycles. The lowest BCUT2D eigenvalue weighted by Gasteiger charge is -2.44. The highest BCUT2D eigenvalue weighted by molar-refractivity contribution is 5.50. The van der Waals surface area contributed by atoms with Gasteiger partial charge in [0.15, 0.2) is 0 Å². The molecule has 0 N–H and O–H groups in total. The second kappa shape index (κ2) is 8.87. The standard InChI is InChI=1S/C26H37N5/c1-19(2)21-7-9-22(10-8-21)20(3)31-12-11-24-25(17-31)27-18-28-26(24)30-15-13-29(14-16-30)23-5-4-6-23/h7-10,18-20,23H,4-6,11-17H2,1-3H3. The molecular formula is C26H37N5. The maximum Gasteiger partial charge on any atom is 0.135 e. The van der Waals surface area contributed by atoms with Crippen molar-refractivity contribution in [2.75, 3.05) is 37.6 Å². The first-order chi connectivity index (χ1) is 15.1. The van der Waals surface area contributed by atoms with Gasteiger partial charge in [0.05, 0.1) is 5.69 Å². The molecule has 1 saturated heterocycles. The summed E-state index contributed by atoms with van der Waals surface area (Å²) in [5.41, 5.74) is 5.42. The SMILES string of the molecule is CC(C)c1ccc(C(C)N2CCc3c(ncnc3N3CCN(C4CCC4)CC3)C2)cc1. The van der Waals surface area contributed by atoms with Crippen molar-refractivity contribution in [2.45, 2.75) is 71.0 Å². The fourth-order valence-corrected chi connectivity index (χ4v) is 5.38. The third-order valence-corrected chi connectivity index (χ3v) is 7.85. The van der Waals surface area contributed by atoms with Gasteiger partial charge in [0.1, 0.15) is 12.1 Å². The molecule has 5 rings (SSSR count). The Morgan fingerprint density at radius 3 is 2.23 bits per heavy atom. The monoisotopic (exact) mass is 419 g/mol. The first-order valence-corrected chi connectivity index (χ1v) is 12.3. The number of fused-ring (bicyclic) bond motifs is 1.